The van der Waals surface area contributed by atoms with Crippen LogP contribution >= 0.6 is 0 Å². The minimum Gasteiger partial charge on any atom is -0.495 e. The Labute approximate surface area is 154 Å². The van der Waals surface area contributed by atoms with Crippen LogP contribution in [0.2, 0.25) is 0 Å². The molecule has 0 spiro atoms. The number of carbonyl (C=O) groups excluding carboxylic acids is 1. The summed E-state index contributed by atoms with van der Waals surface area (Å²) < 4.78 is 32.5. The van der Waals surface area contributed by atoms with Gasteiger partial charge >= 0.3 is 0 Å². The maximum absolute atomic E-state index is 13.0. The van der Waals surface area contributed by atoms with E-state index in [-0.39, 0.29) is 23.9 Å². The molecule has 3 rings (SSSR count). The maximum Gasteiger partial charge on any atom is 0.245 e. The number of piperazine rings is 1. The third-order valence-electron chi connectivity index (χ3n) is 4.60. The molecule has 1 fully saturated rings. The number of methoxy groups -OCH3 is 1. The highest BCUT2D eigenvalue weighted by Crippen LogP contribution is 2.31. The monoisotopic (exact) mass is 374 g/mol. The van der Waals surface area contributed by atoms with Crippen LogP contribution in [0, 0.1) is 6.92 Å². The molecule has 0 aliphatic carbocycles. The molecule has 1 heterocycles. The number of hydrogen-bond donors (Lipinski definition) is 0. The summed E-state index contributed by atoms with van der Waals surface area (Å²) in [5.74, 6) is 0.319. The van der Waals surface area contributed by atoms with Crippen molar-refractivity contribution in [3.05, 3.63) is 54.1 Å². The molecule has 1 aliphatic heterocycles. The fourth-order valence-electron chi connectivity index (χ4n) is 3.12. The van der Waals surface area contributed by atoms with Gasteiger partial charge in [-0.15, -0.1) is 0 Å². The summed E-state index contributed by atoms with van der Waals surface area (Å²) in [5, 5.41) is 0. The van der Waals surface area contributed by atoms with Crippen LogP contribution in [-0.2, 0) is 14.8 Å². The summed E-state index contributed by atoms with van der Waals surface area (Å²) in [6.07, 6.45) is 0. The van der Waals surface area contributed by atoms with Crippen molar-refractivity contribution in [2.75, 3.05) is 25.1 Å². The summed E-state index contributed by atoms with van der Waals surface area (Å²) >= 11 is 0. The van der Waals surface area contributed by atoms with Crippen molar-refractivity contribution >= 4 is 21.6 Å². The number of nitrogens with zero attached hydrogens (tertiary/aromatic N) is 2. The first-order chi connectivity index (χ1) is 12.4. The third kappa shape index (κ3) is 3.20. The molecule has 1 aliphatic rings. The topological polar surface area (TPSA) is 66.9 Å². The summed E-state index contributed by atoms with van der Waals surface area (Å²) in [6.45, 7) is 4.01. The van der Waals surface area contributed by atoms with Crippen LogP contribution in [0.15, 0.2) is 53.4 Å². The van der Waals surface area contributed by atoms with E-state index in [9.17, 15) is 13.2 Å². The smallest absolute Gasteiger partial charge is 0.245 e. The molecule has 138 valence electrons. The number of para-hydroxylation sites is 2. The largest absolute Gasteiger partial charge is 0.495 e. The van der Waals surface area contributed by atoms with E-state index in [1.54, 1.807) is 55.3 Å². The highest BCUT2D eigenvalue weighted by Gasteiger charge is 2.40. The van der Waals surface area contributed by atoms with Crippen molar-refractivity contribution in [2.45, 2.75) is 24.8 Å². The molecule has 0 bridgehead atoms. The standard InChI is InChI=1S/C19H22N2O4S/c1-14-8-10-16(11-9-14)26(23,24)21-13-12-20(19(22)15(21)2)17-6-4-5-7-18(17)25-3/h4-11,15H,12-13H2,1-3H3/t15-/m1/s1. The average Bonchev–Trinajstić information content (AvgIpc) is 2.64. The highest BCUT2D eigenvalue weighted by atomic mass is 32.2. The van der Waals surface area contributed by atoms with Gasteiger partial charge in [0, 0.05) is 13.1 Å². The molecular weight excluding hydrogens is 352 g/mol. The zero-order valence-electron chi connectivity index (χ0n) is 15.0. The summed E-state index contributed by atoms with van der Waals surface area (Å²) in [6, 6.07) is 13.1. The van der Waals surface area contributed by atoms with E-state index in [2.05, 4.69) is 0 Å². The van der Waals surface area contributed by atoms with Crippen molar-refractivity contribution in [1.82, 2.24) is 4.31 Å². The van der Waals surface area contributed by atoms with Crippen molar-refractivity contribution in [1.29, 1.82) is 0 Å². The Morgan fingerprint density at radius 2 is 1.69 bits per heavy atom. The van der Waals surface area contributed by atoms with Crippen molar-refractivity contribution < 1.29 is 17.9 Å². The van der Waals surface area contributed by atoms with Crippen molar-refractivity contribution in [3.8, 4) is 5.75 Å². The van der Waals surface area contributed by atoms with E-state index in [4.69, 9.17) is 4.74 Å². The van der Waals surface area contributed by atoms with Crippen LogP contribution in [0.3, 0.4) is 0 Å². The predicted molar refractivity (Wildman–Crippen MR) is 99.9 cm³/mol. The van der Waals surface area contributed by atoms with Crippen LogP contribution in [0.25, 0.3) is 0 Å². The Bertz CT molecular complexity index is 909. The Hall–Kier alpha value is -2.38. The number of rotatable bonds is 4. The molecule has 0 radical (unpaired) electrons. The van der Waals surface area contributed by atoms with Gasteiger partial charge in [-0.1, -0.05) is 29.8 Å². The van der Waals surface area contributed by atoms with Gasteiger partial charge in [-0.2, -0.15) is 4.31 Å². The van der Waals surface area contributed by atoms with Crippen LogP contribution < -0.4 is 9.64 Å². The minimum absolute atomic E-state index is 0.202. The van der Waals surface area contributed by atoms with Gasteiger partial charge in [0.2, 0.25) is 15.9 Å². The van der Waals surface area contributed by atoms with Gasteiger partial charge in [-0.25, -0.2) is 8.42 Å². The molecule has 1 saturated heterocycles. The lowest BCUT2D eigenvalue weighted by Gasteiger charge is -2.38. The number of amides is 1. The SMILES string of the molecule is COc1ccccc1N1CCN(S(=O)(=O)c2ccc(C)cc2)[C@H](C)C1=O. The van der Waals surface area contributed by atoms with E-state index in [0.29, 0.717) is 11.4 Å². The van der Waals surface area contributed by atoms with Gasteiger partial charge in [0.25, 0.3) is 0 Å². The number of sulfonamides is 1. The van der Waals surface area contributed by atoms with Crippen LogP contribution in [0.5, 0.6) is 5.75 Å². The second kappa shape index (κ2) is 7.09. The molecule has 0 unspecified atom stereocenters. The van der Waals surface area contributed by atoms with E-state index in [0.717, 1.165) is 5.56 Å². The molecule has 2 aromatic carbocycles. The maximum atomic E-state index is 13.0. The molecule has 26 heavy (non-hydrogen) atoms. The molecule has 0 N–H and O–H groups in total. The van der Waals surface area contributed by atoms with Crippen molar-refractivity contribution in [3.63, 3.8) is 0 Å². The number of carbonyl (C=O) groups is 1. The van der Waals surface area contributed by atoms with Gasteiger partial charge in [0.1, 0.15) is 11.8 Å². The summed E-state index contributed by atoms with van der Waals surface area (Å²) in [5.41, 5.74) is 1.63. The average molecular weight is 374 g/mol. The minimum atomic E-state index is -3.73. The predicted octanol–water partition coefficient (Wildman–Crippen LogP) is 2.43. The van der Waals surface area contributed by atoms with Crippen LogP contribution in [0.1, 0.15) is 12.5 Å². The van der Waals surface area contributed by atoms with Crippen LogP contribution in [0.4, 0.5) is 5.69 Å². The molecule has 6 nitrogen and oxygen atoms in total. The van der Waals surface area contributed by atoms with Crippen LogP contribution in [-0.4, -0.2) is 44.9 Å². The zero-order chi connectivity index (χ0) is 18.9. The van der Waals surface area contributed by atoms with Gasteiger partial charge in [-0.05, 0) is 38.1 Å². The molecule has 0 saturated carbocycles. The third-order valence-corrected chi connectivity index (χ3v) is 6.59. The van der Waals surface area contributed by atoms with E-state index in [1.165, 1.54) is 4.31 Å². The molecule has 0 aromatic heterocycles. The van der Waals surface area contributed by atoms with Crippen molar-refractivity contribution in [2.24, 2.45) is 0 Å². The molecular formula is C19H22N2O4S. The summed E-state index contributed by atoms with van der Waals surface area (Å²) in [7, 11) is -2.18. The molecule has 1 amide bonds. The quantitative estimate of drug-likeness (QED) is 0.824. The number of hydrogen-bond acceptors (Lipinski definition) is 4. The molecule has 2 aromatic rings. The lowest BCUT2D eigenvalue weighted by molar-refractivity contribution is -0.123. The normalized spacial score (nSPS) is 18.8. The fourth-order valence-corrected chi connectivity index (χ4v) is 4.70. The highest BCUT2D eigenvalue weighted by molar-refractivity contribution is 7.89. The number of aryl methyl sites for hydroxylation is 1. The van der Waals surface area contributed by atoms with E-state index >= 15 is 0 Å². The Morgan fingerprint density at radius 1 is 1.04 bits per heavy atom. The first-order valence-electron chi connectivity index (χ1n) is 8.39. The van der Waals surface area contributed by atoms with E-state index in [1.807, 2.05) is 19.1 Å². The Kier molecular flexibility index (Phi) is 5.02. The first-order valence-corrected chi connectivity index (χ1v) is 9.83. The lowest BCUT2D eigenvalue weighted by Crippen LogP contribution is -2.57. The van der Waals surface area contributed by atoms with E-state index < -0.39 is 16.1 Å². The van der Waals surface area contributed by atoms with Gasteiger partial charge in [-0.3, -0.25) is 4.79 Å². The second-order valence-electron chi connectivity index (χ2n) is 6.27. The molecule has 7 heteroatoms. The molecule has 1 atom stereocenters. The second-order valence-corrected chi connectivity index (χ2v) is 8.16. The van der Waals surface area contributed by atoms with Gasteiger partial charge in [0.05, 0.1) is 17.7 Å². The Morgan fingerprint density at radius 3 is 2.35 bits per heavy atom. The first kappa shape index (κ1) is 18.4. The Balaban J connectivity index is 1.89. The number of anilines is 1. The lowest BCUT2D eigenvalue weighted by atomic mass is 10.2. The number of ether oxygens (including phenoxy) is 1. The summed E-state index contributed by atoms with van der Waals surface area (Å²) in [4.78, 5) is 14.7. The van der Waals surface area contributed by atoms with Gasteiger partial charge in [0.15, 0.2) is 0 Å². The zero-order valence-corrected chi connectivity index (χ0v) is 15.9. The van der Waals surface area contributed by atoms with Gasteiger partial charge < -0.3 is 9.64 Å². The fraction of sp³-hybridized carbons (Fsp3) is 0.316. The number of benzene rings is 2.